The first-order valence-electron chi connectivity index (χ1n) is 5.35. The second-order valence-corrected chi connectivity index (χ2v) is 4.65. The Kier molecular flexibility index (Phi) is 4.20. The van der Waals surface area contributed by atoms with Gasteiger partial charge in [-0.3, -0.25) is 0 Å². The molecular weight excluding hydrogens is 223 g/mol. The van der Waals surface area contributed by atoms with Crippen LogP contribution in [0.15, 0.2) is 0 Å². The zero-order valence-electron chi connectivity index (χ0n) is 9.47. The number of alkyl halides is 3. The number of ether oxygens (including phenoxy) is 1. The molecule has 0 aliphatic heterocycles. The molecule has 2 atom stereocenters. The molecule has 0 aromatic heterocycles. The summed E-state index contributed by atoms with van der Waals surface area (Å²) in [5.74, 6) is 0. The fourth-order valence-electron chi connectivity index (χ4n) is 1.10. The van der Waals surface area contributed by atoms with E-state index in [4.69, 9.17) is 0 Å². The van der Waals surface area contributed by atoms with E-state index in [1.54, 1.807) is 0 Å². The Hall–Kier alpha value is -0.330. The Labute approximate surface area is 93.0 Å². The molecule has 0 aromatic carbocycles. The van der Waals surface area contributed by atoms with E-state index in [9.17, 15) is 18.3 Å². The smallest absolute Gasteiger partial charge is 0.386 e. The quantitative estimate of drug-likeness (QED) is 0.739. The molecule has 2 unspecified atom stereocenters. The summed E-state index contributed by atoms with van der Waals surface area (Å²) in [7, 11) is 0. The summed E-state index contributed by atoms with van der Waals surface area (Å²) in [6.45, 7) is 2.32. The van der Waals surface area contributed by atoms with Crippen LogP contribution in [-0.4, -0.2) is 42.2 Å². The monoisotopic (exact) mass is 241 g/mol. The van der Waals surface area contributed by atoms with Gasteiger partial charge >= 0.3 is 6.18 Å². The molecule has 0 aromatic rings. The molecule has 96 valence electrons. The second kappa shape index (κ2) is 4.89. The van der Waals surface area contributed by atoms with Gasteiger partial charge in [0, 0.05) is 12.6 Å². The molecule has 1 rings (SSSR count). The molecule has 0 amide bonds. The van der Waals surface area contributed by atoms with Crippen LogP contribution in [0.3, 0.4) is 0 Å². The molecule has 1 fully saturated rings. The van der Waals surface area contributed by atoms with Gasteiger partial charge in [0.15, 0.2) is 6.10 Å². The molecule has 0 heterocycles. The molecule has 3 nitrogen and oxygen atoms in total. The highest BCUT2D eigenvalue weighted by atomic mass is 19.4. The number of halogens is 3. The van der Waals surface area contributed by atoms with Crippen LogP contribution in [0, 0.1) is 0 Å². The van der Waals surface area contributed by atoms with E-state index < -0.39 is 17.9 Å². The zero-order valence-corrected chi connectivity index (χ0v) is 9.47. The van der Waals surface area contributed by atoms with E-state index in [0.29, 0.717) is 6.04 Å². The fourth-order valence-corrected chi connectivity index (χ4v) is 1.10. The minimum Gasteiger partial charge on any atom is -0.386 e. The second-order valence-electron chi connectivity index (χ2n) is 4.65. The lowest BCUT2D eigenvalue weighted by molar-refractivity contribution is -0.224. The average Bonchev–Trinajstić information content (AvgIpc) is 2.93. The molecule has 0 saturated heterocycles. The molecule has 1 aliphatic carbocycles. The highest BCUT2D eigenvalue weighted by Crippen LogP contribution is 2.23. The molecule has 0 spiro atoms. The largest absolute Gasteiger partial charge is 0.414 e. The van der Waals surface area contributed by atoms with Crippen molar-refractivity contribution >= 4 is 0 Å². The lowest BCUT2D eigenvalue weighted by atomic mass is 10.1. The highest BCUT2D eigenvalue weighted by molar-refractivity contribution is 4.85. The molecule has 2 N–H and O–H groups in total. The minimum atomic E-state index is -4.37. The van der Waals surface area contributed by atoms with Crippen molar-refractivity contribution in [3.05, 3.63) is 0 Å². The van der Waals surface area contributed by atoms with E-state index in [0.717, 1.165) is 19.8 Å². The van der Waals surface area contributed by atoms with Crippen molar-refractivity contribution in [2.75, 3.05) is 13.2 Å². The van der Waals surface area contributed by atoms with Gasteiger partial charge < -0.3 is 15.2 Å². The average molecular weight is 241 g/mol. The van der Waals surface area contributed by atoms with Gasteiger partial charge in [-0.25, -0.2) is 0 Å². The Morgan fingerprint density at radius 2 is 2.00 bits per heavy atom. The van der Waals surface area contributed by atoms with Gasteiger partial charge in [-0.05, 0) is 26.7 Å². The first-order chi connectivity index (χ1) is 7.21. The first-order valence-corrected chi connectivity index (χ1v) is 5.35. The van der Waals surface area contributed by atoms with Crippen molar-refractivity contribution in [2.45, 2.75) is 50.6 Å². The van der Waals surface area contributed by atoms with Crippen molar-refractivity contribution < 1.29 is 23.0 Å². The topological polar surface area (TPSA) is 41.5 Å². The molecule has 1 aliphatic rings. The Balaban J connectivity index is 2.22. The Bertz CT molecular complexity index is 227. The number of hydrogen-bond acceptors (Lipinski definition) is 3. The summed E-state index contributed by atoms with van der Waals surface area (Å²) in [5, 5.41) is 12.8. The molecule has 0 bridgehead atoms. The minimum absolute atomic E-state index is 0.252. The van der Waals surface area contributed by atoms with Crippen LogP contribution >= 0.6 is 0 Å². The molecule has 0 radical (unpaired) electrons. The van der Waals surface area contributed by atoms with Crippen molar-refractivity contribution in [1.29, 1.82) is 0 Å². The van der Waals surface area contributed by atoms with Gasteiger partial charge in [0.05, 0.1) is 12.2 Å². The lowest BCUT2D eigenvalue weighted by Crippen LogP contribution is -2.44. The van der Waals surface area contributed by atoms with Crippen LogP contribution in [0.1, 0.15) is 26.7 Å². The maximum absolute atomic E-state index is 12.1. The van der Waals surface area contributed by atoms with Gasteiger partial charge in [-0.15, -0.1) is 0 Å². The summed E-state index contributed by atoms with van der Waals surface area (Å²) in [5.41, 5.74) is -1.26. The van der Waals surface area contributed by atoms with Crippen LogP contribution in [0.25, 0.3) is 0 Å². The zero-order chi connectivity index (χ0) is 12.4. The maximum atomic E-state index is 12.1. The van der Waals surface area contributed by atoms with Gasteiger partial charge in [0.1, 0.15) is 0 Å². The molecule has 1 saturated carbocycles. The van der Waals surface area contributed by atoms with Crippen molar-refractivity contribution in [3.63, 3.8) is 0 Å². The molecule has 6 heteroatoms. The van der Waals surface area contributed by atoms with E-state index in [1.807, 2.05) is 0 Å². The summed E-state index contributed by atoms with van der Waals surface area (Å²) >= 11 is 0. The normalized spacial score (nSPS) is 22.9. The molecule has 16 heavy (non-hydrogen) atoms. The van der Waals surface area contributed by atoms with E-state index in [-0.39, 0.29) is 13.2 Å². The summed E-state index contributed by atoms with van der Waals surface area (Å²) in [6.07, 6.45) is -4.09. The van der Waals surface area contributed by atoms with Crippen LogP contribution < -0.4 is 5.32 Å². The fraction of sp³-hybridized carbons (Fsp3) is 1.00. The summed E-state index contributed by atoms with van der Waals surface area (Å²) < 4.78 is 41.0. The lowest BCUT2D eigenvalue weighted by Gasteiger charge is -2.26. The number of rotatable bonds is 6. The predicted octanol–water partition coefficient (Wildman–Crippen LogP) is 1.46. The SMILES string of the molecule is CC(OCC(C)(O)CNC1CC1)C(F)(F)F. The third-order valence-corrected chi connectivity index (χ3v) is 2.45. The van der Waals surface area contributed by atoms with E-state index >= 15 is 0 Å². The summed E-state index contributed by atoms with van der Waals surface area (Å²) in [6, 6.07) is 0.409. The number of nitrogens with one attached hydrogen (secondary N) is 1. The van der Waals surface area contributed by atoms with Crippen LogP contribution in [0.2, 0.25) is 0 Å². The van der Waals surface area contributed by atoms with Gasteiger partial charge in [0.2, 0.25) is 0 Å². The van der Waals surface area contributed by atoms with E-state index in [1.165, 1.54) is 6.92 Å². The van der Waals surface area contributed by atoms with Crippen LogP contribution in [0.4, 0.5) is 13.2 Å². The van der Waals surface area contributed by atoms with Gasteiger partial charge in [0.25, 0.3) is 0 Å². The maximum Gasteiger partial charge on any atom is 0.414 e. The van der Waals surface area contributed by atoms with Gasteiger partial charge in [-0.2, -0.15) is 13.2 Å². The number of aliphatic hydroxyl groups is 1. The third-order valence-electron chi connectivity index (χ3n) is 2.45. The summed E-state index contributed by atoms with van der Waals surface area (Å²) in [4.78, 5) is 0. The van der Waals surface area contributed by atoms with Crippen LogP contribution in [-0.2, 0) is 4.74 Å². The standard InChI is InChI=1S/C10H18F3NO2/c1-7(10(11,12)13)16-6-9(2,15)5-14-8-3-4-8/h7-8,14-15H,3-6H2,1-2H3. The van der Waals surface area contributed by atoms with Crippen molar-refractivity contribution in [1.82, 2.24) is 5.32 Å². The predicted molar refractivity (Wildman–Crippen MR) is 53.1 cm³/mol. The molecular formula is C10H18F3NO2. The van der Waals surface area contributed by atoms with Crippen LogP contribution in [0.5, 0.6) is 0 Å². The van der Waals surface area contributed by atoms with E-state index in [2.05, 4.69) is 10.1 Å². The number of hydrogen-bond donors (Lipinski definition) is 2. The third kappa shape index (κ3) is 5.14. The highest BCUT2D eigenvalue weighted by Gasteiger charge is 2.38. The van der Waals surface area contributed by atoms with Gasteiger partial charge in [-0.1, -0.05) is 0 Å². The Morgan fingerprint density at radius 3 is 2.44 bits per heavy atom. The first kappa shape index (κ1) is 13.7. The van der Waals surface area contributed by atoms with Crippen molar-refractivity contribution in [2.24, 2.45) is 0 Å². The van der Waals surface area contributed by atoms with Crippen molar-refractivity contribution in [3.8, 4) is 0 Å². The Morgan fingerprint density at radius 1 is 1.44 bits per heavy atom.